The Hall–Kier alpha value is -2.13. The molecule has 0 unspecified atom stereocenters. The molecule has 0 spiro atoms. The van der Waals surface area contributed by atoms with E-state index in [1.165, 1.54) is 42.1 Å². The van der Waals surface area contributed by atoms with Crippen LogP contribution in [0, 0.1) is 5.92 Å². The van der Waals surface area contributed by atoms with Gasteiger partial charge in [0.15, 0.2) is 0 Å². The molecule has 9 heteroatoms. The molecule has 0 aromatic heterocycles. The van der Waals surface area contributed by atoms with Gasteiger partial charge in [-0.2, -0.15) is 4.31 Å². The first kappa shape index (κ1) is 22.6. The molecule has 2 fully saturated rings. The van der Waals surface area contributed by atoms with Crippen molar-refractivity contribution in [2.45, 2.75) is 55.9 Å². The fourth-order valence-electron chi connectivity index (χ4n) is 4.33. The van der Waals surface area contributed by atoms with Gasteiger partial charge in [-0.1, -0.05) is 19.3 Å². The van der Waals surface area contributed by atoms with Crippen molar-refractivity contribution in [3.8, 4) is 0 Å². The molecule has 1 N–H and O–H groups in total. The van der Waals surface area contributed by atoms with Crippen molar-refractivity contribution in [3.63, 3.8) is 0 Å². The first-order chi connectivity index (χ1) is 14.3. The zero-order valence-corrected chi connectivity index (χ0v) is 18.5. The van der Waals surface area contributed by atoms with Gasteiger partial charge in [0.2, 0.25) is 15.9 Å². The standard InChI is InChI=1S/C21H31N3O5S/c1-23(18-8-4-3-5-9-18)20(25)16-7-6-14-24(15-16)30(27,28)19-12-10-17(11-13-19)22-21(26)29-2/h10-13,16,18H,3-9,14-15H2,1-2H3,(H,22,26)/t16-/m1/s1. The number of sulfonamides is 1. The number of benzene rings is 1. The van der Waals surface area contributed by atoms with Gasteiger partial charge < -0.3 is 9.64 Å². The van der Waals surface area contributed by atoms with Gasteiger partial charge in [-0.25, -0.2) is 13.2 Å². The van der Waals surface area contributed by atoms with Gasteiger partial charge in [-0.15, -0.1) is 0 Å². The van der Waals surface area contributed by atoms with Crippen molar-refractivity contribution < 1.29 is 22.7 Å². The number of carbonyl (C=O) groups excluding carboxylic acids is 2. The lowest BCUT2D eigenvalue weighted by Crippen LogP contribution is -2.48. The van der Waals surface area contributed by atoms with Gasteiger partial charge in [0, 0.05) is 31.9 Å². The minimum Gasteiger partial charge on any atom is -0.453 e. The highest BCUT2D eigenvalue weighted by atomic mass is 32.2. The number of nitrogens with one attached hydrogen (secondary N) is 1. The highest BCUT2D eigenvalue weighted by molar-refractivity contribution is 7.89. The number of piperidine rings is 1. The van der Waals surface area contributed by atoms with E-state index in [2.05, 4.69) is 10.1 Å². The number of carbonyl (C=O) groups is 2. The van der Waals surface area contributed by atoms with E-state index < -0.39 is 16.1 Å². The molecule has 1 aromatic carbocycles. The van der Waals surface area contributed by atoms with Crippen molar-refractivity contribution >= 4 is 27.7 Å². The van der Waals surface area contributed by atoms with Gasteiger partial charge in [0.25, 0.3) is 0 Å². The fourth-order valence-corrected chi connectivity index (χ4v) is 5.85. The average molecular weight is 438 g/mol. The summed E-state index contributed by atoms with van der Waals surface area (Å²) in [4.78, 5) is 26.3. The highest BCUT2D eigenvalue weighted by Gasteiger charge is 2.36. The minimum atomic E-state index is -3.71. The molecule has 0 bridgehead atoms. The largest absolute Gasteiger partial charge is 0.453 e. The molecule has 1 heterocycles. The van der Waals surface area contributed by atoms with E-state index in [4.69, 9.17) is 0 Å². The monoisotopic (exact) mass is 437 g/mol. The summed E-state index contributed by atoms with van der Waals surface area (Å²) in [5, 5.41) is 2.50. The average Bonchev–Trinajstić information content (AvgIpc) is 2.79. The Morgan fingerprint density at radius 3 is 2.37 bits per heavy atom. The molecule has 1 aromatic rings. The molecule has 8 nitrogen and oxygen atoms in total. The molecule has 2 aliphatic rings. The van der Waals surface area contributed by atoms with Crippen molar-refractivity contribution in [1.82, 2.24) is 9.21 Å². The van der Waals surface area contributed by atoms with Crippen LogP contribution in [-0.2, 0) is 19.6 Å². The van der Waals surface area contributed by atoms with Crippen molar-refractivity contribution in [2.75, 3.05) is 32.6 Å². The predicted molar refractivity (Wildman–Crippen MR) is 114 cm³/mol. The molecule has 1 saturated heterocycles. The topological polar surface area (TPSA) is 96.0 Å². The fraction of sp³-hybridized carbons (Fsp3) is 0.619. The van der Waals surface area contributed by atoms with Crippen molar-refractivity contribution in [1.29, 1.82) is 0 Å². The third-order valence-electron chi connectivity index (χ3n) is 6.13. The molecule has 0 radical (unpaired) electrons. The minimum absolute atomic E-state index is 0.0550. The molecule has 3 rings (SSSR count). The maximum absolute atomic E-state index is 13.1. The Bertz CT molecular complexity index is 850. The van der Waals surface area contributed by atoms with E-state index in [-0.39, 0.29) is 29.3 Å². The molecule has 2 amide bonds. The molecule has 166 valence electrons. The van der Waals surface area contributed by atoms with Gasteiger partial charge in [0.05, 0.1) is 17.9 Å². The number of hydrogen-bond donors (Lipinski definition) is 1. The highest BCUT2D eigenvalue weighted by Crippen LogP contribution is 2.28. The quantitative estimate of drug-likeness (QED) is 0.764. The van der Waals surface area contributed by atoms with Crippen LogP contribution >= 0.6 is 0 Å². The zero-order chi connectivity index (χ0) is 21.7. The van der Waals surface area contributed by atoms with E-state index in [9.17, 15) is 18.0 Å². The maximum atomic E-state index is 13.1. The van der Waals surface area contributed by atoms with E-state index >= 15 is 0 Å². The summed E-state index contributed by atoms with van der Waals surface area (Å²) >= 11 is 0. The number of ether oxygens (including phenoxy) is 1. The van der Waals surface area contributed by atoms with Crippen LogP contribution in [0.4, 0.5) is 10.5 Å². The van der Waals surface area contributed by atoms with Crippen LogP contribution in [0.3, 0.4) is 0 Å². The Labute approximate surface area is 178 Å². The summed E-state index contributed by atoms with van der Waals surface area (Å²) in [5.74, 6) is -0.250. The van der Waals surface area contributed by atoms with Crippen LogP contribution in [0.15, 0.2) is 29.2 Å². The molecule has 1 aliphatic heterocycles. The second-order valence-corrected chi connectivity index (χ2v) is 10.0. The molecule has 1 atom stereocenters. The number of nitrogens with zero attached hydrogens (tertiary/aromatic N) is 2. The van der Waals surface area contributed by atoms with Crippen LogP contribution in [0.25, 0.3) is 0 Å². The Balaban J connectivity index is 1.67. The summed E-state index contributed by atoms with van der Waals surface area (Å²) in [6.07, 6.45) is 6.33. The second-order valence-electron chi connectivity index (χ2n) is 8.08. The number of anilines is 1. The number of rotatable bonds is 5. The number of hydrogen-bond acceptors (Lipinski definition) is 5. The van der Waals surface area contributed by atoms with Gasteiger partial charge in [-0.05, 0) is 49.9 Å². The maximum Gasteiger partial charge on any atom is 0.411 e. The van der Waals surface area contributed by atoms with Crippen LogP contribution < -0.4 is 5.32 Å². The Morgan fingerprint density at radius 1 is 1.07 bits per heavy atom. The number of methoxy groups -OCH3 is 1. The summed E-state index contributed by atoms with van der Waals surface area (Å²) in [5.41, 5.74) is 0.446. The van der Waals surface area contributed by atoms with Crippen LogP contribution in [-0.4, -0.2) is 62.9 Å². The summed E-state index contributed by atoms with van der Waals surface area (Å²) in [6.45, 7) is 0.613. The predicted octanol–water partition coefficient (Wildman–Crippen LogP) is 3.06. The third kappa shape index (κ3) is 5.13. The summed E-state index contributed by atoms with van der Waals surface area (Å²) < 4.78 is 32.2. The van der Waals surface area contributed by atoms with E-state index in [1.807, 2.05) is 11.9 Å². The van der Waals surface area contributed by atoms with Gasteiger partial charge in [0.1, 0.15) is 0 Å². The summed E-state index contributed by atoms with van der Waals surface area (Å²) in [6, 6.07) is 6.23. The summed E-state index contributed by atoms with van der Waals surface area (Å²) in [7, 11) is -0.593. The van der Waals surface area contributed by atoms with Crippen LogP contribution in [0.2, 0.25) is 0 Å². The lowest BCUT2D eigenvalue weighted by Gasteiger charge is -2.37. The molecule has 1 aliphatic carbocycles. The molecule has 30 heavy (non-hydrogen) atoms. The van der Waals surface area contributed by atoms with Crippen molar-refractivity contribution in [3.05, 3.63) is 24.3 Å². The second kappa shape index (κ2) is 9.78. The van der Waals surface area contributed by atoms with E-state index in [1.54, 1.807) is 0 Å². The zero-order valence-electron chi connectivity index (χ0n) is 17.7. The molecule has 1 saturated carbocycles. The smallest absolute Gasteiger partial charge is 0.411 e. The lowest BCUT2D eigenvalue weighted by molar-refractivity contribution is -0.138. The third-order valence-corrected chi connectivity index (χ3v) is 8.01. The first-order valence-electron chi connectivity index (χ1n) is 10.5. The van der Waals surface area contributed by atoms with Crippen LogP contribution in [0.1, 0.15) is 44.9 Å². The first-order valence-corrected chi connectivity index (χ1v) is 12.0. The van der Waals surface area contributed by atoms with E-state index in [0.717, 1.165) is 25.7 Å². The molecular formula is C21H31N3O5S. The Morgan fingerprint density at radius 2 is 1.73 bits per heavy atom. The Kier molecular flexibility index (Phi) is 7.36. The lowest BCUT2D eigenvalue weighted by atomic mass is 9.92. The normalized spacial score (nSPS) is 21.1. The van der Waals surface area contributed by atoms with E-state index in [0.29, 0.717) is 25.1 Å². The SMILES string of the molecule is COC(=O)Nc1ccc(S(=O)(=O)N2CCC[C@@H](C(=O)N(C)C3CCCCC3)C2)cc1. The van der Waals surface area contributed by atoms with Gasteiger partial charge >= 0.3 is 6.09 Å². The number of amides is 2. The molecular weight excluding hydrogens is 406 g/mol. The van der Waals surface area contributed by atoms with Crippen LogP contribution in [0.5, 0.6) is 0 Å². The van der Waals surface area contributed by atoms with Gasteiger partial charge in [-0.3, -0.25) is 10.1 Å². The van der Waals surface area contributed by atoms with Crippen molar-refractivity contribution in [2.24, 2.45) is 5.92 Å².